The van der Waals surface area contributed by atoms with Gasteiger partial charge in [-0.2, -0.15) is 22.8 Å². The largest absolute Gasteiger partial charge is 0.474 e. The second-order valence-corrected chi connectivity index (χ2v) is 9.30. The molecule has 12 heteroatoms. The molecule has 1 aliphatic rings. The highest BCUT2D eigenvalue weighted by molar-refractivity contribution is 7.06. The van der Waals surface area contributed by atoms with E-state index in [1.165, 1.54) is 28.8 Å². The number of nitriles is 1. The third-order valence-electron chi connectivity index (χ3n) is 5.68. The number of carbonyl (C=O) groups excluding carboxylic acids is 1. The molecule has 0 spiro atoms. The fourth-order valence-electron chi connectivity index (χ4n) is 3.92. The fourth-order valence-corrected chi connectivity index (χ4v) is 4.80. The number of aryl methyl sites for hydroxylation is 1. The number of carbonyl (C=O) groups is 1. The molecule has 8 nitrogen and oxygen atoms in total. The minimum Gasteiger partial charge on any atom is -0.474 e. The summed E-state index contributed by atoms with van der Waals surface area (Å²) in [6, 6.07) is 8.74. The van der Waals surface area contributed by atoms with Crippen molar-refractivity contribution in [2.45, 2.75) is 38.5 Å². The zero-order valence-electron chi connectivity index (χ0n) is 19.4. The van der Waals surface area contributed by atoms with Gasteiger partial charge in [0.05, 0.1) is 35.2 Å². The van der Waals surface area contributed by atoms with Crippen LogP contribution in [0.5, 0.6) is 5.88 Å². The first kappa shape index (κ1) is 25.5. The van der Waals surface area contributed by atoms with Gasteiger partial charge in [0.2, 0.25) is 5.88 Å². The molecule has 4 rings (SSSR count). The summed E-state index contributed by atoms with van der Waals surface area (Å²) in [7, 11) is 0. The maximum atomic E-state index is 13.0. The number of hydrogen-bond donors (Lipinski definition) is 1. The lowest BCUT2D eigenvalue weighted by atomic mass is 10.1. The lowest BCUT2D eigenvalue weighted by Crippen LogP contribution is -2.42. The van der Waals surface area contributed by atoms with E-state index in [1.54, 1.807) is 31.2 Å². The van der Waals surface area contributed by atoms with E-state index in [0.717, 1.165) is 10.6 Å². The van der Waals surface area contributed by atoms with E-state index in [9.17, 15) is 18.0 Å². The molecule has 0 aliphatic carbocycles. The van der Waals surface area contributed by atoms with Crippen molar-refractivity contribution in [3.63, 3.8) is 0 Å². The van der Waals surface area contributed by atoms with Gasteiger partial charge in [0.15, 0.2) is 0 Å². The standard InChI is InChI=1S/C24H23F3N6O2S/c1-15-22(20(36-32-15)10-17-3-2-16(11-28)12-29-17)23(34)31-18-4-5-21(30-13-18)35-19-6-8-33(9-7-19)14-24(25,26)27/h2-5,12-13,19H,6-10,14H2,1H3,(H,31,34). The molecule has 1 amide bonds. The number of hydrogen-bond acceptors (Lipinski definition) is 8. The molecule has 3 aromatic heterocycles. The Morgan fingerprint density at radius 2 is 2.00 bits per heavy atom. The smallest absolute Gasteiger partial charge is 0.401 e. The predicted octanol–water partition coefficient (Wildman–Crippen LogP) is 4.36. The van der Waals surface area contributed by atoms with Gasteiger partial charge in [-0.3, -0.25) is 14.7 Å². The van der Waals surface area contributed by atoms with Crippen molar-refractivity contribution in [1.29, 1.82) is 5.26 Å². The first-order valence-corrected chi connectivity index (χ1v) is 12.0. The van der Waals surface area contributed by atoms with Gasteiger partial charge in [0.25, 0.3) is 5.91 Å². The quantitative estimate of drug-likeness (QED) is 0.498. The Morgan fingerprint density at radius 3 is 2.61 bits per heavy atom. The number of alkyl halides is 3. The van der Waals surface area contributed by atoms with Crippen LogP contribution < -0.4 is 10.1 Å². The van der Waals surface area contributed by atoms with Crippen molar-refractivity contribution in [1.82, 2.24) is 19.2 Å². The fraction of sp³-hybridized carbons (Fsp3) is 0.375. The molecule has 1 saturated heterocycles. The second kappa shape index (κ2) is 11.0. The number of piperidine rings is 1. The molecular formula is C24H23F3N6O2S. The number of ether oxygens (including phenoxy) is 1. The zero-order chi connectivity index (χ0) is 25.7. The van der Waals surface area contributed by atoms with Crippen molar-refractivity contribution >= 4 is 23.1 Å². The van der Waals surface area contributed by atoms with E-state index in [-0.39, 0.29) is 12.0 Å². The second-order valence-electron chi connectivity index (χ2n) is 8.44. The van der Waals surface area contributed by atoms with Crippen LogP contribution in [0, 0.1) is 18.3 Å². The number of aromatic nitrogens is 3. The van der Waals surface area contributed by atoms with Crippen LogP contribution in [0.25, 0.3) is 0 Å². The molecule has 1 fully saturated rings. The van der Waals surface area contributed by atoms with Crippen LogP contribution in [0.15, 0.2) is 36.7 Å². The van der Waals surface area contributed by atoms with Gasteiger partial charge >= 0.3 is 6.18 Å². The summed E-state index contributed by atoms with van der Waals surface area (Å²) in [6.45, 7) is 1.48. The number of amides is 1. The maximum Gasteiger partial charge on any atom is 0.401 e. The summed E-state index contributed by atoms with van der Waals surface area (Å²) >= 11 is 1.23. The lowest BCUT2D eigenvalue weighted by molar-refractivity contribution is -0.149. The average Bonchev–Trinajstić information content (AvgIpc) is 3.21. The SMILES string of the molecule is Cc1nsc(Cc2ccc(C#N)cn2)c1C(=O)Nc1ccc(OC2CCN(CC(F)(F)F)CC2)nc1. The van der Waals surface area contributed by atoms with Crippen molar-refractivity contribution in [2.24, 2.45) is 0 Å². The zero-order valence-corrected chi connectivity index (χ0v) is 20.2. The number of rotatable bonds is 7. The highest BCUT2D eigenvalue weighted by Gasteiger charge is 2.33. The summed E-state index contributed by atoms with van der Waals surface area (Å²) in [5.41, 5.74) is 2.73. The third-order valence-corrected chi connectivity index (χ3v) is 6.61. The van der Waals surface area contributed by atoms with Crippen molar-refractivity contribution in [2.75, 3.05) is 25.0 Å². The molecule has 1 aliphatic heterocycles. The minimum atomic E-state index is -4.20. The molecular weight excluding hydrogens is 493 g/mol. The van der Waals surface area contributed by atoms with Gasteiger partial charge in [-0.1, -0.05) is 0 Å². The predicted molar refractivity (Wildman–Crippen MR) is 127 cm³/mol. The van der Waals surface area contributed by atoms with Crippen LogP contribution in [0.3, 0.4) is 0 Å². The summed E-state index contributed by atoms with van der Waals surface area (Å²) in [4.78, 5) is 23.6. The summed E-state index contributed by atoms with van der Waals surface area (Å²) in [5, 5.41) is 11.7. The Hall–Kier alpha value is -3.56. The highest BCUT2D eigenvalue weighted by atomic mass is 32.1. The molecule has 1 N–H and O–H groups in total. The molecule has 188 valence electrons. The van der Waals surface area contributed by atoms with Gasteiger partial charge < -0.3 is 10.1 Å². The Kier molecular flexibility index (Phi) is 7.81. The number of pyridine rings is 2. The van der Waals surface area contributed by atoms with Crippen molar-refractivity contribution < 1.29 is 22.7 Å². The van der Waals surface area contributed by atoms with Crippen LogP contribution >= 0.6 is 11.5 Å². The summed E-state index contributed by atoms with van der Waals surface area (Å²) in [6.07, 6.45) is -0.0657. The van der Waals surface area contributed by atoms with Crippen LogP contribution in [0.2, 0.25) is 0 Å². The van der Waals surface area contributed by atoms with E-state index in [0.29, 0.717) is 60.7 Å². The number of nitrogens with zero attached hydrogens (tertiary/aromatic N) is 5. The monoisotopic (exact) mass is 516 g/mol. The number of halogens is 3. The van der Waals surface area contributed by atoms with Gasteiger partial charge in [-0.05, 0) is 49.5 Å². The molecule has 0 atom stereocenters. The van der Waals surface area contributed by atoms with Crippen molar-refractivity contribution in [3.05, 3.63) is 64.1 Å². The Labute approximate surface area is 209 Å². The van der Waals surface area contributed by atoms with Crippen molar-refractivity contribution in [3.8, 4) is 11.9 Å². The Bertz CT molecular complexity index is 1230. The van der Waals surface area contributed by atoms with Crippen LogP contribution in [0.4, 0.5) is 18.9 Å². The normalized spacial score (nSPS) is 14.9. The Balaban J connectivity index is 1.33. The van der Waals surface area contributed by atoms with E-state index in [2.05, 4.69) is 19.7 Å². The van der Waals surface area contributed by atoms with E-state index in [1.807, 2.05) is 6.07 Å². The van der Waals surface area contributed by atoms with Gasteiger partial charge in [0, 0.05) is 42.3 Å². The maximum absolute atomic E-state index is 13.0. The number of likely N-dealkylation sites (tertiary alicyclic amines) is 1. The molecule has 0 bridgehead atoms. The molecule has 0 saturated carbocycles. The lowest BCUT2D eigenvalue weighted by Gasteiger charge is -2.32. The Morgan fingerprint density at radius 1 is 1.22 bits per heavy atom. The summed E-state index contributed by atoms with van der Waals surface area (Å²) < 4.78 is 47.8. The molecule has 3 aromatic rings. The molecule has 4 heterocycles. The first-order valence-electron chi connectivity index (χ1n) is 11.2. The summed E-state index contributed by atoms with van der Waals surface area (Å²) in [5.74, 6) is 0.0284. The minimum absolute atomic E-state index is 0.208. The van der Waals surface area contributed by atoms with Gasteiger partial charge in [-0.25, -0.2) is 4.98 Å². The third kappa shape index (κ3) is 6.77. The van der Waals surface area contributed by atoms with E-state index < -0.39 is 12.7 Å². The molecule has 36 heavy (non-hydrogen) atoms. The van der Waals surface area contributed by atoms with E-state index >= 15 is 0 Å². The topological polar surface area (TPSA) is 104 Å². The van der Waals surface area contributed by atoms with Crippen LogP contribution in [0.1, 0.15) is 45.0 Å². The average molecular weight is 517 g/mol. The highest BCUT2D eigenvalue weighted by Crippen LogP contribution is 2.25. The first-order chi connectivity index (χ1) is 17.2. The molecule has 0 radical (unpaired) electrons. The van der Waals surface area contributed by atoms with Crippen LogP contribution in [-0.2, 0) is 6.42 Å². The van der Waals surface area contributed by atoms with Gasteiger partial charge in [-0.15, -0.1) is 0 Å². The molecule has 0 unspecified atom stereocenters. The van der Waals surface area contributed by atoms with Gasteiger partial charge in [0.1, 0.15) is 12.2 Å². The van der Waals surface area contributed by atoms with Crippen LogP contribution in [-0.4, -0.2) is 57.1 Å². The number of anilines is 1. The number of nitrogens with one attached hydrogen (secondary N) is 1. The van der Waals surface area contributed by atoms with E-state index in [4.69, 9.17) is 10.00 Å². The molecule has 0 aromatic carbocycles.